The zero-order valence-electron chi connectivity index (χ0n) is 44.4. The molecule has 3 heterocycles. The summed E-state index contributed by atoms with van der Waals surface area (Å²) < 4.78 is 34.2. The average molecular weight is 1050 g/mol. The minimum Gasteiger partial charge on any atom is -0.394 e. The van der Waals surface area contributed by atoms with Gasteiger partial charge in [0.25, 0.3) is 0 Å². The third-order valence-electron chi connectivity index (χ3n) is 14.6. The Labute approximate surface area is 436 Å². The first-order chi connectivity index (χ1) is 35.3. The van der Waals surface area contributed by atoms with Crippen molar-refractivity contribution in [3.8, 4) is 0 Å². The number of amides is 1. The largest absolute Gasteiger partial charge is 0.394 e. The second-order valence-electron chi connectivity index (χ2n) is 20.8. The molecule has 3 rings (SSSR count). The Hall–Kier alpha value is -1.47. The number of rotatable bonds is 41. The lowest BCUT2D eigenvalue weighted by atomic mass is 9.96. The average Bonchev–Trinajstić information content (AvgIpc) is 3.39. The molecule has 3 aliphatic rings. The molecule has 3 aliphatic heterocycles. The second kappa shape index (κ2) is 39.0. The van der Waals surface area contributed by atoms with E-state index in [1.807, 2.05) is 0 Å². The fourth-order valence-electron chi connectivity index (χ4n) is 9.84. The van der Waals surface area contributed by atoms with Gasteiger partial charge in [-0.15, -0.1) is 0 Å². The molecule has 19 nitrogen and oxygen atoms in total. The molecule has 17 unspecified atom stereocenters. The quantitative estimate of drug-likeness (QED) is 0.0306. The van der Waals surface area contributed by atoms with Gasteiger partial charge in [0, 0.05) is 6.42 Å². The minimum atomic E-state index is -1.97. The summed E-state index contributed by atoms with van der Waals surface area (Å²) in [6, 6.07) is -0.886. The van der Waals surface area contributed by atoms with Crippen molar-refractivity contribution in [1.29, 1.82) is 0 Å². The van der Waals surface area contributed by atoms with Crippen molar-refractivity contribution < 1.29 is 89.4 Å². The van der Waals surface area contributed by atoms with Crippen LogP contribution in [0.2, 0.25) is 0 Å². The zero-order valence-corrected chi connectivity index (χ0v) is 44.4. The van der Waals surface area contributed by atoms with Crippen LogP contribution in [0.15, 0.2) is 12.2 Å². The maximum Gasteiger partial charge on any atom is 0.220 e. The molecule has 0 saturated carbocycles. The van der Waals surface area contributed by atoms with E-state index >= 15 is 0 Å². The molecule has 0 spiro atoms. The van der Waals surface area contributed by atoms with Gasteiger partial charge in [-0.25, -0.2) is 0 Å². The molecule has 12 N–H and O–H groups in total. The Balaban J connectivity index is 1.52. The lowest BCUT2D eigenvalue weighted by Crippen LogP contribution is -2.66. The van der Waals surface area contributed by atoms with E-state index in [1.165, 1.54) is 96.3 Å². The van der Waals surface area contributed by atoms with Crippen LogP contribution in [0.5, 0.6) is 0 Å². The summed E-state index contributed by atoms with van der Waals surface area (Å²) >= 11 is 0. The topological polar surface area (TPSA) is 307 Å². The van der Waals surface area contributed by atoms with Crippen molar-refractivity contribution in [3.63, 3.8) is 0 Å². The standard InChI is InChI=1S/C54H101NO18/c1-3-5-7-9-11-13-15-17-18-20-22-24-26-28-30-32-42(60)55-37(38(59)31-29-27-25-23-21-19-16-14-12-10-8-6-4-2)36-68-52-48(66)45(63)50(40(34-57)70-52)73-54-49(67)46(64)51(41(35-58)71-54)72-53-47(65)44(62)43(61)39(33-56)69-53/h17-18,37-41,43-54,56-59,61-67H,3-16,19-36H2,1-2H3,(H,55,60)/b18-17-. The lowest BCUT2D eigenvalue weighted by molar-refractivity contribution is -0.379. The monoisotopic (exact) mass is 1050 g/mol. The van der Waals surface area contributed by atoms with Crippen molar-refractivity contribution >= 4 is 5.91 Å². The molecule has 1 amide bonds. The Morgan fingerprint density at radius 3 is 1.33 bits per heavy atom. The van der Waals surface area contributed by atoms with E-state index in [-0.39, 0.29) is 18.9 Å². The van der Waals surface area contributed by atoms with Crippen LogP contribution in [0.1, 0.15) is 194 Å². The third kappa shape index (κ3) is 24.0. The summed E-state index contributed by atoms with van der Waals surface area (Å²) in [6.45, 7) is 1.76. The predicted molar refractivity (Wildman–Crippen MR) is 273 cm³/mol. The van der Waals surface area contributed by atoms with Crippen LogP contribution in [-0.2, 0) is 33.2 Å². The van der Waals surface area contributed by atoms with E-state index in [0.29, 0.717) is 12.8 Å². The molecule has 3 saturated heterocycles. The van der Waals surface area contributed by atoms with E-state index < -0.39 is 124 Å². The molecule has 430 valence electrons. The predicted octanol–water partition coefficient (Wildman–Crippen LogP) is 3.82. The molecular formula is C54H101NO18. The number of nitrogens with one attached hydrogen (secondary N) is 1. The minimum absolute atomic E-state index is 0.252. The Bertz CT molecular complexity index is 1400. The van der Waals surface area contributed by atoms with Gasteiger partial charge in [0.15, 0.2) is 18.9 Å². The van der Waals surface area contributed by atoms with Gasteiger partial charge in [0.1, 0.15) is 73.2 Å². The van der Waals surface area contributed by atoms with Crippen molar-refractivity contribution in [2.24, 2.45) is 0 Å². The van der Waals surface area contributed by atoms with Gasteiger partial charge in [-0.05, 0) is 38.5 Å². The van der Waals surface area contributed by atoms with Gasteiger partial charge in [-0.2, -0.15) is 0 Å². The normalized spacial score (nSPS) is 31.8. The molecule has 0 aromatic rings. The van der Waals surface area contributed by atoms with E-state index in [2.05, 4.69) is 31.3 Å². The van der Waals surface area contributed by atoms with Crippen LogP contribution in [0.4, 0.5) is 0 Å². The van der Waals surface area contributed by atoms with Crippen molar-refractivity contribution in [2.75, 3.05) is 26.4 Å². The van der Waals surface area contributed by atoms with Gasteiger partial charge >= 0.3 is 0 Å². The van der Waals surface area contributed by atoms with Gasteiger partial charge in [-0.1, -0.05) is 161 Å². The molecule has 17 atom stereocenters. The van der Waals surface area contributed by atoms with E-state index in [0.717, 1.165) is 64.2 Å². The van der Waals surface area contributed by atoms with Crippen molar-refractivity contribution in [3.05, 3.63) is 12.2 Å². The number of carbonyl (C=O) groups is 1. The Morgan fingerprint density at radius 2 is 0.863 bits per heavy atom. The second-order valence-corrected chi connectivity index (χ2v) is 20.8. The molecule has 19 heteroatoms. The fourth-order valence-corrected chi connectivity index (χ4v) is 9.84. The first kappa shape index (κ1) is 65.8. The number of aliphatic hydroxyl groups is 11. The van der Waals surface area contributed by atoms with E-state index in [1.54, 1.807) is 0 Å². The highest BCUT2D eigenvalue weighted by Crippen LogP contribution is 2.33. The molecule has 0 aromatic carbocycles. The van der Waals surface area contributed by atoms with Crippen LogP contribution in [0.3, 0.4) is 0 Å². The number of unbranched alkanes of at least 4 members (excludes halogenated alkanes) is 23. The Kier molecular flexibility index (Phi) is 35.1. The number of ether oxygens (including phenoxy) is 6. The summed E-state index contributed by atoms with van der Waals surface area (Å²) in [5, 5.41) is 120. The number of hydrogen-bond donors (Lipinski definition) is 12. The highest BCUT2D eigenvalue weighted by atomic mass is 16.8. The maximum absolute atomic E-state index is 13.3. The maximum atomic E-state index is 13.3. The summed E-state index contributed by atoms with van der Waals surface area (Å²) in [7, 11) is 0. The summed E-state index contributed by atoms with van der Waals surface area (Å²) in [4.78, 5) is 13.3. The molecule has 0 bridgehead atoms. The fraction of sp³-hybridized carbons (Fsp3) is 0.944. The first-order valence-electron chi connectivity index (χ1n) is 28.4. The van der Waals surface area contributed by atoms with Gasteiger partial charge in [0.05, 0.1) is 38.6 Å². The smallest absolute Gasteiger partial charge is 0.220 e. The van der Waals surface area contributed by atoms with Crippen LogP contribution >= 0.6 is 0 Å². The molecule has 0 radical (unpaired) electrons. The van der Waals surface area contributed by atoms with Gasteiger partial charge < -0.3 is 89.9 Å². The van der Waals surface area contributed by atoms with E-state index in [9.17, 15) is 61.0 Å². The highest BCUT2D eigenvalue weighted by molar-refractivity contribution is 5.76. The molecule has 3 fully saturated rings. The molecule has 0 aromatic heterocycles. The van der Waals surface area contributed by atoms with Crippen LogP contribution < -0.4 is 5.32 Å². The molecular weight excluding hydrogens is 951 g/mol. The third-order valence-corrected chi connectivity index (χ3v) is 14.6. The Morgan fingerprint density at radius 1 is 0.479 bits per heavy atom. The number of allylic oxidation sites excluding steroid dienone is 2. The summed E-state index contributed by atoms with van der Waals surface area (Å²) in [6.07, 6.45) is 8.73. The first-order valence-corrected chi connectivity index (χ1v) is 28.4. The molecule has 73 heavy (non-hydrogen) atoms. The number of aliphatic hydroxyl groups excluding tert-OH is 11. The zero-order chi connectivity index (χ0) is 53.4. The summed E-state index contributed by atoms with van der Waals surface area (Å²) in [5.41, 5.74) is 0. The van der Waals surface area contributed by atoms with E-state index in [4.69, 9.17) is 28.4 Å². The highest BCUT2D eigenvalue weighted by Gasteiger charge is 2.53. The summed E-state index contributed by atoms with van der Waals surface area (Å²) in [5.74, 6) is -0.252. The SMILES string of the molecule is CCCCCCCC/C=C\CCCCCCCC(=O)NC(COC1OC(CO)C(OC2OC(CO)C(OC3OC(CO)C(O)C(O)C3O)C(O)C2O)C(O)C1O)C(O)CCCCCCCCCCCCCCC. The van der Waals surface area contributed by atoms with Crippen LogP contribution in [0, 0.1) is 0 Å². The van der Waals surface area contributed by atoms with Crippen LogP contribution in [0.25, 0.3) is 0 Å². The number of carbonyl (C=O) groups excluding carboxylic acids is 1. The van der Waals surface area contributed by atoms with Crippen molar-refractivity contribution in [2.45, 2.75) is 298 Å². The lowest BCUT2D eigenvalue weighted by Gasteiger charge is -2.48. The van der Waals surface area contributed by atoms with Gasteiger partial charge in [-0.3, -0.25) is 4.79 Å². The van der Waals surface area contributed by atoms with Crippen molar-refractivity contribution in [1.82, 2.24) is 5.32 Å². The number of hydrogen-bond acceptors (Lipinski definition) is 18. The van der Waals surface area contributed by atoms with Gasteiger partial charge in [0.2, 0.25) is 5.91 Å². The van der Waals surface area contributed by atoms with Crippen LogP contribution in [-0.4, -0.2) is 193 Å². The molecule has 0 aliphatic carbocycles.